The molecule has 0 spiro atoms. The maximum atomic E-state index is 12.6. The second kappa shape index (κ2) is 8.60. The molecule has 0 aliphatic heterocycles. The van der Waals surface area contributed by atoms with Gasteiger partial charge in [-0.3, -0.25) is 9.78 Å². The first-order valence-electron chi connectivity index (χ1n) is 8.53. The first kappa shape index (κ1) is 18.8. The van der Waals surface area contributed by atoms with Crippen LogP contribution in [-0.2, 0) is 16.1 Å². The minimum atomic E-state index is -0.528. The van der Waals surface area contributed by atoms with Gasteiger partial charge in [0.2, 0.25) is 0 Å². The highest BCUT2D eigenvalue weighted by Crippen LogP contribution is 2.19. The lowest BCUT2D eigenvalue weighted by Gasteiger charge is -2.20. The second-order valence-electron chi connectivity index (χ2n) is 6.05. The number of thiophene rings is 1. The Balaban J connectivity index is 1.71. The van der Waals surface area contributed by atoms with E-state index in [0.717, 1.165) is 16.1 Å². The van der Waals surface area contributed by atoms with Crippen LogP contribution in [-0.4, -0.2) is 34.9 Å². The van der Waals surface area contributed by atoms with Gasteiger partial charge in [0.05, 0.1) is 17.6 Å². The van der Waals surface area contributed by atoms with Gasteiger partial charge in [-0.1, -0.05) is 30.3 Å². The molecule has 0 fully saturated rings. The van der Waals surface area contributed by atoms with Crippen molar-refractivity contribution in [3.63, 3.8) is 0 Å². The zero-order valence-corrected chi connectivity index (χ0v) is 15.9. The number of esters is 1. The van der Waals surface area contributed by atoms with Gasteiger partial charge in [-0.05, 0) is 30.5 Å². The van der Waals surface area contributed by atoms with Crippen LogP contribution in [0.2, 0.25) is 0 Å². The van der Waals surface area contributed by atoms with Gasteiger partial charge in [0, 0.05) is 22.5 Å². The first-order valence-corrected chi connectivity index (χ1v) is 9.41. The lowest BCUT2D eigenvalue weighted by molar-refractivity contribution is -0.134. The van der Waals surface area contributed by atoms with E-state index in [-0.39, 0.29) is 12.5 Å². The Morgan fingerprint density at radius 2 is 2.07 bits per heavy atom. The van der Waals surface area contributed by atoms with Crippen molar-refractivity contribution in [3.05, 3.63) is 76.6 Å². The van der Waals surface area contributed by atoms with E-state index in [1.807, 2.05) is 48.7 Å². The summed E-state index contributed by atoms with van der Waals surface area (Å²) in [6.45, 7) is 6.07. The number of aromatic nitrogens is 1. The third kappa shape index (κ3) is 4.60. The molecule has 0 aliphatic carbocycles. The summed E-state index contributed by atoms with van der Waals surface area (Å²) in [5.41, 5.74) is 1.86. The van der Waals surface area contributed by atoms with Crippen LogP contribution in [0, 0.1) is 6.92 Å². The number of para-hydroxylation sites is 1. The van der Waals surface area contributed by atoms with E-state index < -0.39 is 5.97 Å². The fraction of sp³-hybridized carbons (Fsp3) is 0.190. The molecule has 3 aromatic rings. The van der Waals surface area contributed by atoms with Crippen LogP contribution in [0.4, 0.5) is 0 Å². The molecule has 3 rings (SSSR count). The first-order chi connectivity index (χ1) is 13.1. The topological polar surface area (TPSA) is 59.5 Å². The normalized spacial score (nSPS) is 10.6. The number of nitrogens with zero attached hydrogens (tertiary/aromatic N) is 2. The van der Waals surface area contributed by atoms with E-state index in [1.54, 1.807) is 28.4 Å². The maximum Gasteiger partial charge on any atom is 0.339 e. The molecule has 0 saturated heterocycles. The van der Waals surface area contributed by atoms with Crippen molar-refractivity contribution in [3.8, 4) is 0 Å². The Hall–Kier alpha value is -2.99. The van der Waals surface area contributed by atoms with E-state index in [9.17, 15) is 9.59 Å². The van der Waals surface area contributed by atoms with Gasteiger partial charge in [-0.2, -0.15) is 0 Å². The molecule has 0 saturated carbocycles. The summed E-state index contributed by atoms with van der Waals surface area (Å²) < 4.78 is 5.31. The van der Waals surface area contributed by atoms with Crippen molar-refractivity contribution in [1.82, 2.24) is 9.88 Å². The van der Waals surface area contributed by atoms with Crippen LogP contribution in [0.3, 0.4) is 0 Å². The molecule has 0 N–H and O–H groups in total. The summed E-state index contributed by atoms with van der Waals surface area (Å²) in [7, 11) is 0. The number of rotatable bonds is 7. The second-order valence-corrected chi connectivity index (χ2v) is 7.08. The number of amides is 1. The van der Waals surface area contributed by atoms with E-state index in [2.05, 4.69) is 11.6 Å². The van der Waals surface area contributed by atoms with Crippen LogP contribution < -0.4 is 0 Å². The van der Waals surface area contributed by atoms with Gasteiger partial charge in [0.25, 0.3) is 5.91 Å². The molecule has 138 valence electrons. The Morgan fingerprint density at radius 3 is 2.81 bits per heavy atom. The van der Waals surface area contributed by atoms with Gasteiger partial charge in [0.1, 0.15) is 0 Å². The van der Waals surface area contributed by atoms with Crippen molar-refractivity contribution < 1.29 is 14.3 Å². The van der Waals surface area contributed by atoms with E-state index in [1.165, 1.54) is 0 Å². The Labute approximate surface area is 161 Å². The summed E-state index contributed by atoms with van der Waals surface area (Å²) in [4.78, 5) is 32.2. The Morgan fingerprint density at radius 1 is 1.26 bits per heavy atom. The van der Waals surface area contributed by atoms with Gasteiger partial charge in [0.15, 0.2) is 6.61 Å². The van der Waals surface area contributed by atoms with Crippen molar-refractivity contribution in [2.45, 2.75) is 13.5 Å². The van der Waals surface area contributed by atoms with Gasteiger partial charge >= 0.3 is 5.97 Å². The molecule has 0 radical (unpaired) electrons. The molecule has 5 nitrogen and oxygen atoms in total. The smallest absolute Gasteiger partial charge is 0.339 e. The zero-order valence-electron chi connectivity index (χ0n) is 15.1. The number of fused-ring (bicyclic) bond motifs is 1. The molecule has 27 heavy (non-hydrogen) atoms. The largest absolute Gasteiger partial charge is 0.452 e. The molecule has 0 atom stereocenters. The summed E-state index contributed by atoms with van der Waals surface area (Å²) in [5, 5.41) is 2.67. The average Bonchev–Trinajstić information content (AvgIpc) is 3.18. The molecular weight excluding hydrogens is 360 g/mol. The van der Waals surface area contributed by atoms with Gasteiger partial charge < -0.3 is 9.64 Å². The third-order valence-corrected chi connectivity index (χ3v) is 4.88. The molecule has 6 heteroatoms. The lowest BCUT2D eigenvalue weighted by Crippen LogP contribution is -2.34. The fourth-order valence-electron chi connectivity index (χ4n) is 2.77. The van der Waals surface area contributed by atoms with Crippen LogP contribution in [0.25, 0.3) is 10.9 Å². The van der Waals surface area contributed by atoms with Crippen LogP contribution >= 0.6 is 11.3 Å². The van der Waals surface area contributed by atoms with Crippen molar-refractivity contribution in [2.75, 3.05) is 13.2 Å². The van der Waals surface area contributed by atoms with Crippen molar-refractivity contribution >= 4 is 34.1 Å². The third-order valence-electron chi connectivity index (χ3n) is 4.02. The monoisotopic (exact) mass is 380 g/mol. The predicted molar refractivity (Wildman–Crippen MR) is 107 cm³/mol. The minimum Gasteiger partial charge on any atom is -0.452 e. The van der Waals surface area contributed by atoms with Crippen molar-refractivity contribution in [1.29, 1.82) is 0 Å². The SMILES string of the molecule is C=CCN(Cc1cccs1)C(=O)COC(=O)c1cc(C)nc2ccccc12. The summed E-state index contributed by atoms with van der Waals surface area (Å²) in [6.07, 6.45) is 1.66. The highest BCUT2D eigenvalue weighted by atomic mass is 32.1. The van der Waals surface area contributed by atoms with E-state index in [0.29, 0.717) is 24.0 Å². The quantitative estimate of drug-likeness (QED) is 0.460. The number of hydrogen-bond donors (Lipinski definition) is 0. The summed E-state index contributed by atoms with van der Waals surface area (Å²) >= 11 is 1.58. The van der Waals surface area contributed by atoms with Gasteiger partial charge in [-0.15, -0.1) is 17.9 Å². The van der Waals surface area contributed by atoms with E-state index in [4.69, 9.17) is 4.74 Å². The molecule has 0 aliphatic rings. The highest BCUT2D eigenvalue weighted by molar-refractivity contribution is 7.09. The zero-order chi connectivity index (χ0) is 19.2. The Bertz CT molecular complexity index is 967. The number of ether oxygens (including phenoxy) is 1. The van der Waals surface area contributed by atoms with Crippen LogP contribution in [0.5, 0.6) is 0 Å². The van der Waals surface area contributed by atoms with E-state index >= 15 is 0 Å². The molecule has 1 aromatic carbocycles. The number of carbonyl (C=O) groups excluding carboxylic acids is 2. The van der Waals surface area contributed by atoms with Crippen LogP contribution in [0.1, 0.15) is 20.9 Å². The number of hydrogen-bond acceptors (Lipinski definition) is 5. The van der Waals surface area contributed by atoms with Crippen LogP contribution in [0.15, 0.2) is 60.5 Å². The molecule has 1 amide bonds. The number of carbonyl (C=O) groups is 2. The molecular formula is C21H20N2O3S. The highest BCUT2D eigenvalue weighted by Gasteiger charge is 2.18. The summed E-state index contributed by atoms with van der Waals surface area (Å²) in [6, 6.07) is 13.0. The Kier molecular flexibility index (Phi) is 5.98. The number of benzene rings is 1. The lowest BCUT2D eigenvalue weighted by atomic mass is 10.1. The van der Waals surface area contributed by atoms with Crippen molar-refractivity contribution in [2.24, 2.45) is 0 Å². The average molecular weight is 380 g/mol. The van der Waals surface area contributed by atoms with Gasteiger partial charge in [-0.25, -0.2) is 4.79 Å². The number of aryl methyl sites for hydroxylation is 1. The molecule has 0 unspecified atom stereocenters. The minimum absolute atomic E-state index is 0.258. The summed E-state index contributed by atoms with van der Waals surface area (Å²) in [5.74, 6) is -0.786. The molecule has 2 aromatic heterocycles. The fourth-order valence-corrected chi connectivity index (χ4v) is 3.49. The standard InChI is InChI=1S/C21H20N2O3S/c1-3-10-23(13-16-7-6-11-27-16)20(24)14-26-21(25)18-12-15(2)22-19-9-5-4-8-17(18)19/h3-9,11-12H,1,10,13-14H2,2H3. The molecule has 0 bridgehead atoms. The number of pyridine rings is 1. The molecule has 2 heterocycles. The predicted octanol–water partition coefficient (Wildman–Crippen LogP) is 3.98. The maximum absolute atomic E-state index is 12.6.